The van der Waals surface area contributed by atoms with E-state index in [-0.39, 0.29) is 0 Å². The second-order valence-corrected chi connectivity index (χ2v) is 5.93. The zero-order chi connectivity index (χ0) is 12.5. The van der Waals surface area contributed by atoms with Crippen molar-refractivity contribution in [2.45, 2.75) is 65.3 Å². The minimum atomic E-state index is 0.797. The van der Waals surface area contributed by atoms with Crippen molar-refractivity contribution < 1.29 is 0 Å². The van der Waals surface area contributed by atoms with Crippen LogP contribution < -0.4 is 5.32 Å². The van der Waals surface area contributed by atoms with E-state index in [0.717, 1.165) is 12.0 Å². The quantitative estimate of drug-likeness (QED) is 0.622. The number of nitrogens with one attached hydrogen (secondary N) is 1. The zero-order valence-electron chi connectivity index (χ0n) is 12.2. The maximum atomic E-state index is 3.57. The number of rotatable bonds is 9. The predicted octanol–water partition coefficient (Wildman–Crippen LogP) is 3.28. The summed E-state index contributed by atoms with van der Waals surface area (Å²) in [5.74, 6) is 0.797. The summed E-state index contributed by atoms with van der Waals surface area (Å²) in [7, 11) is 0. The van der Waals surface area contributed by atoms with Gasteiger partial charge >= 0.3 is 0 Å². The van der Waals surface area contributed by atoms with Crippen LogP contribution in [0.25, 0.3) is 0 Å². The van der Waals surface area contributed by atoms with E-state index in [0.29, 0.717) is 0 Å². The van der Waals surface area contributed by atoms with Gasteiger partial charge in [0.2, 0.25) is 0 Å². The molecule has 2 heteroatoms. The molecule has 0 saturated heterocycles. The third kappa shape index (κ3) is 6.42. The van der Waals surface area contributed by atoms with Crippen LogP contribution in [0.5, 0.6) is 0 Å². The van der Waals surface area contributed by atoms with Crippen molar-refractivity contribution in [1.82, 2.24) is 10.2 Å². The van der Waals surface area contributed by atoms with Crippen LogP contribution in [-0.2, 0) is 0 Å². The molecule has 1 rings (SSSR count). The standard InChI is InChI=1S/C15H32N2/c1-4-5-10-16-11-12-17(13-14(2)3)15-8-6-7-9-15/h14-16H,4-13H2,1-3H3. The molecule has 1 N–H and O–H groups in total. The van der Waals surface area contributed by atoms with Crippen LogP contribution >= 0.6 is 0 Å². The van der Waals surface area contributed by atoms with Gasteiger partial charge in [0.25, 0.3) is 0 Å². The molecule has 17 heavy (non-hydrogen) atoms. The summed E-state index contributed by atoms with van der Waals surface area (Å²) in [4.78, 5) is 2.73. The van der Waals surface area contributed by atoms with Crippen LogP contribution in [0.1, 0.15) is 59.3 Å². The lowest BCUT2D eigenvalue weighted by atomic mass is 10.1. The van der Waals surface area contributed by atoms with Gasteiger partial charge < -0.3 is 5.32 Å². The number of unbranched alkanes of at least 4 members (excludes halogenated alkanes) is 1. The average Bonchev–Trinajstić information content (AvgIpc) is 2.80. The topological polar surface area (TPSA) is 15.3 Å². The molecule has 1 aliphatic rings. The Hall–Kier alpha value is -0.0800. The van der Waals surface area contributed by atoms with Crippen molar-refractivity contribution in [2.75, 3.05) is 26.2 Å². The van der Waals surface area contributed by atoms with Crippen molar-refractivity contribution in [3.63, 3.8) is 0 Å². The second-order valence-electron chi connectivity index (χ2n) is 5.93. The first-order valence-corrected chi connectivity index (χ1v) is 7.68. The highest BCUT2D eigenvalue weighted by Crippen LogP contribution is 2.23. The predicted molar refractivity (Wildman–Crippen MR) is 76.4 cm³/mol. The van der Waals surface area contributed by atoms with Crippen LogP contribution in [0.3, 0.4) is 0 Å². The number of hydrogen-bond donors (Lipinski definition) is 1. The third-order valence-electron chi connectivity index (χ3n) is 3.72. The summed E-state index contributed by atoms with van der Waals surface area (Å²) in [6, 6.07) is 0.880. The molecule has 0 unspecified atom stereocenters. The minimum Gasteiger partial charge on any atom is -0.315 e. The molecule has 0 aliphatic heterocycles. The van der Waals surface area contributed by atoms with Gasteiger partial charge in [0.1, 0.15) is 0 Å². The fourth-order valence-corrected chi connectivity index (χ4v) is 2.81. The Kier molecular flexibility index (Phi) is 7.87. The SMILES string of the molecule is CCCCNCCN(CC(C)C)C1CCCC1. The molecular formula is C15H32N2. The molecule has 1 fully saturated rings. The molecule has 0 aromatic heterocycles. The van der Waals surface area contributed by atoms with Crippen molar-refractivity contribution in [3.05, 3.63) is 0 Å². The molecule has 0 amide bonds. The first-order chi connectivity index (χ1) is 8.24. The summed E-state index contributed by atoms with van der Waals surface area (Å²) < 4.78 is 0. The van der Waals surface area contributed by atoms with Gasteiger partial charge in [-0.1, -0.05) is 40.0 Å². The van der Waals surface area contributed by atoms with E-state index < -0.39 is 0 Å². The zero-order valence-corrected chi connectivity index (χ0v) is 12.2. The molecule has 0 aromatic rings. The van der Waals surface area contributed by atoms with E-state index in [1.165, 1.54) is 64.7 Å². The highest BCUT2D eigenvalue weighted by atomic mass is 15.2. The van der Waals surface area contributed by atoms with Gasteiger partial charge in [-0.2, -0.15) is 0 Å². The Morgan fingerprint density at radius 3 is 2.47 bits per heavy atom. The lowest BCUT2D eigenvalue weighted by Gasteiger charge is -2.30. The maximum Gasteiger partial charge on any atom is 0.0110 e. The average molecular weight is 240 g/mol. The normalized spacial score (nSPS) is 17.5. The van der Waals surface area contributed by atoms with Crippen molar-refractivity contribution in [1.29, 1.82) is 0 Å². The summed E-state index contributed by atoms with van der Waals surface area (Å²) in [5.41, 5.74) is 0. The van der Waals surface area contributed by atoms with E-state index in [4.69, 9.17) is 0 Å². The van der Waals surface area contributed by atoms with Gasteiger partial charge in [0, 0.05) is 25.7 Å². The number of nitrogens with zero attached hydrogens (tertiary/aromatic N) is 1. The Morgan fingerprint density at radius 2 is 1.88 bits per heavy atom. The molecule has 0 heterocycles. The minimum absolute atomic E-state index is 0.797. The summed E-state index contributed by atoms with van der Waals surface area (Å²) in [6.07, 6.45) is 8.37. The van der Waals surface area contributed by atoms with E-state index in [2.05, 4.69) is 31.0 Å². The second kappa shape index (κ2) is 8.93. The van der Waals surface area contributed by atoms with Gasteiger partial charge in [-0.3, -0.25) is 4.90 Å². The van der Waals surface area contributed by atoms with Crippen molar-refractivity contribution in [3.8, 4) is 0 Å². The lowest BCUT2D eigenvalue weighted by molar-refractivity contribution is 0.178. The highest BCUT2D eigenvalue weighted by molar-refractivity contribution is 4.78. The van der Waals surface area contributed by atoms with Gasteiger partial charge in [0.05, 0.1) is 0 Å². The molecular weight excluding hydrogens is 208 g/mol. The number of hydrogen-bond acceptors (Lipinski definition) is 2. The molecule has 1 aliphatic carbocycles. The summed E-state index contributed by atoms with van der Waals surface area (Å²) in [6.45, 7) is 11.8. The lowest BCUT2D eigenvalue weighted by Crippen LogP contribution is -2.40. The molecule has 2 nitrogen and oxygen atoms in total. The first-order valence-electron chi connectivity index (χ1n) is 7.68. The summed E-state index contributed by atoms with van der Waals surface area (Å²) in [5, 5.41) is 3.57. The maximum absolute atomic E-state index is 3.57. The highest BCUT2D eigenvalue weighted by Gasteiger charge is 2.22. The third-order valence-corrected chi connectivity index (χ3v) is 3.72. The van der Waals surface area contributed by atoms with Gasteiger partial charge in [-0.05, 0) is 31.7 Å². The van der Waals surface area contributed by atoms with Gasteiger partial charge in [0.15, 0.2) is 0 Å². The molecule has 102 valence electrons. The van der Waals surface area contributed by atoms with Crippen LogP contribution in [0.4, 0.5) is 0 Å². The van der Waals surface area contributed by atoms with E-state index in [1.807, 2.05) is 0 Å². The Morgan fingerprint density at radius 1 is 1.18 bits per heavy atom. The van der Waals surface area contributed by atoms with E-state index in [1.54, 1.807) is 0 Å². The largest absolute Gasteiger partial charge is 0.315 e. The van der Waals surface area contributed by atoms with Crippen molar-refractivity contribution >= 4 is 0 Å². The monoisotopic (exact) mass is 240 g/mol. The fourth-order valence-electron chi connectivity index (χ4n) is 2.81. The Bertz CT molecular complexity index is 174. The molecule has 0 bridgehead atoms. The first kappa shape index (κ1) is 15.0. The Balaban J connectivity index is 2.20. The molecule has 0 aromatic carbocycles. The molecule has 0 atom stereocenters. The molecule has 1 saturated carbocycles. The van der Waals surface area contributed by atoms with Gasteiger partial charge in [-0.25, -0.2) is 0 Å². The summed E-state index contributed by atoms with van der Waals surface area (Å²) >= 11 is 0. The van der Waals surface area contributed by atoms with E-state index in [9.17, 15) is 0 Å². The fraction of sp³-hybridized carbons (Fsp3) is 1.00. The van der Waals surface area contributed by atoms with Crippen LogP contribution in [-0.4, -0.2) is 37.1 Å². The van der Waals surface area contributed by atoms with Gasteiger partial charge in [-0.15, -0.1) is 0 Å². The van der Waals surface area contributed by atoms with Crippen LogP contribution in [0.15, 0.2) is 0 Å². The Labute approximate surface area is 108 Å². The smallest absolute Gasteiger partial charge is 0.0110 e. The van der Waals surface area contributed by atoms with Crippen LogP contribution in [0.2, 0.25) is 0 Å². The molecule has 0 radical (unpaired) electrons. The van der Waals surface area contributed by atoms with Crippen molar-refractivity contribution in [2.24, 2.45) is 5.92 Å². The van der Waals surface area contributed by atoms with Crippen LogP contribution in [0, 0.1) is 5.92 Å². The molecule has 0 spiro atoms. The van der Waals surface area contributed by atoms with E-state index >= 15 is 0 Å².